The number of halogens is 1. The summed E-state index contributed by atoms with van der Waals surface area (Å²) in [5.41, 5.74) is -0.550. The van der Waals surface area contributed by atoms with Gasteiger partial charge in [-0.05, 0) is 38.1 Å². The number of benzene rings is 1. The number of nitrogens with one attached hydrogen (secondary N) is 1. The smallest absolute Gasteiger partial charge is 0.274 e. The Kier molecular flexibility index (Phi) is 5.51. The van der Waals surface area contributed by atoms with Crippen molar-refractivity contribution in [2.24, 2.45) is 0 Å². The fourth-order valence-electron chi connectivity index (χ4n) is 3.11. The Hall–Kier alpha value is -2.36. The van der Waals surface area contributed by atoms with Crippen molar-refractivity contribution in [3.8, 4) is 5.75 Å². The van der Waals surface area contributed by atoms with E-state index in [-0.39, 0.29) is 23.2 Å². The number of nitrogens with zero attached hydrogens (tertiary/aromatic N) is 2. The number of pyridine rings is 1. The zero-order valence-corrected chi connectivity index (χ0v) is 16.9. The molecule has 1 amide bonds. The minimum Gasteiger partial charge on any atom is -0.503 e. The third kappa shape index (κ3) is 3.78. The first-order chi connectivity index (χ1) is 13.1. The van der Waals surface area contributed by atoms with E-state index >= 15 is 0 Å². The summed E-state index contributed by atoms with van der Waals surface area (Å²) in [5.74, 6) is -1.09. The molecule has 1 aromatic carbocycles. The van der Waals surface area contributed by atoms with E-state index in [0.717, 1.165) is 6.07 Å². The number of fused-ring (bicyclic) bond motifs is 1. The number of hydrogen-bond donors (Lipinski definition) is 2. The third-order valence-corrected chi connectivity index (χ3v) is 6.26. The molecule has 0 fully saturated rings. The van der Waals surface area contributed by atoms with Crippen molar-refractivity contribution >= 4 is 27.5 Å². The van der Waals surface area contributed by atoms with Crippen LogP contribution in [0.5, 0.6) is 5.75 Å². The molecule has 1 aliphatic heterocycles. The molecule has 3 rings (SSSR count). The minimum absolute atomic E-state index is 0.0268. The van der Waals surface area contributed by atoms with Crippen molar-refractivity contribution in [3.63, 3.8) is 0 Å². The lowest BCUT2D eigenvalue weighted by molar-refractivity contribution is 0.0639. The summed E-state index contributed by atoms with van der Waals surface area (Å²) < 4.78 is 28.9. The van der Waals surface area contributed by atoms with Gasteiger partial charge in [-0.2, -0.15) is 0 Å². The fourth-order valence-corrected chi connectivity index (χ4v) is 4.23. The van der Waals surface area contributed by atoms with Crippen molar-refractivity contribution in [3.05, 3.63) is 57.0 Å². The number of carbonyl (C=O) groups excluding carboxylic acids is 1. The van der Waals surface area contributed by atoms with Crippen LogP contribution in [0.1, 0.15) is 30.0 Å². The van der Waals surface area contributed by atoms with Crippen LogP contribution in [0.2, 0.25) is 5.02 Å². The maximum Gasteiger partial charge on any atom is 0.274 e. The highest BCUT2D eigenvalue weighted by atomic mass is 35.5. The zero-order chi connectivity index (χ0) is 20.6. The molecule has 0 unspecified atom stereocenters. The lowest BCUT2D eigenvalue weighted by Crippen LogP contribution is -2.46. The molecule has 0 saturated carbocycles. The highest BCUT2D eigenvalue weighted by Gasteiger charge is 2.31. The molecule has 10 heteroatoms. The van der Waals surface area contributed by atoms with Crippen LogP contribution in [-0.4, -0.2) is 41.5 Å². The molecule has 1 aromatic heterocycles. The lowest BCUT2D eigenvalue weighted by atomic mass is 10.1. The SMILES string of the molecule is CC(C)N1CCn2c(CNS(=O)(=O)c3ccc(Cl)cc3)cc(=O)c(O)c2C1=O. The Morgan fingerprint density at radius 3 is 2.43 bits per heavy atom. The first kappa shape index (κ1) is 20.4. The Morgan fingerprint density at radius 2 is 1.82 bits per heavy atom. The highest BCUT2D eigenvalue weighted by Crippen LogP contribution is 2.23. The molecule has 0 radical (unpaired) electrons. The van der Waals surface area contributed by atoms with Gasteiger partial charge in [-0.15, -0.1) is 0 Å². The second-order valence-corrected chi connectivity index (χ2v) is 8.92. The van der Waals surface area contributed by atoms with E-state index in [1.165, 1.54) is 28.8 Å². The fraction of sp³-hybridized carbons (Fsp3) is 0.333. The molecule has 0 saturated heterocycles. The number of carbonyl (C=O) groups is 1. The van der Waals surface area contributed by atoms with Crippen LogP contribution in [0, 0.1) is 0 Å². The maximum absolute atomic E-state index is 12.7. The predicted molar refractivity (Wildman–Crippen MR) is 104 cm³/mol. The van der Waals surface area contributed by atoms with E-state index in [0.29, 0.717) is 23.8 Å². The van der Waals surface area contributed by atoms with Crippen molar-refractivity contribution in [1.82, 2.24) is 14.2 Å². The summed E-state index contributed by atoms with van der Waals surface area (Å²) in [4.78, 5) is 26.4. The van der Waals surface area contributed by atoms with Crippen LogP contribution < -0.4 is 10.2 Å². The van der Waals surface area contributed by atoms with Crippen molar-refractivity contribution in [2.75, 3.05) is 6.54 Å². The molecular weight excluding hydrogens is 406 g/mol. The van der Waals surface area contributed by atoms with Crippen molar-refractivity contribution in [2.45, 2.75) is 37.9 Å². The predicted octanol–water partition coefficient (Wildman–Crippen LogP) is 1.55. The van der Waals surface area contributed by atoms with Gasteiger partial charge in [-0.3, -0.25) is 9.59 Å². The maximum atomic E-state index is 12.7. The summed E-state index contributed by atoms with van der Waals surface area (Å²) in [6.45, 7) is 4.20. The molecule has 0 spiro atoms. The molecule has 0 atom stereocenters. The number of aromatic hydroxyl groups is 1. The number of rotatable bonds is 5. The van der Waals surface area contributed by atoms with Crippen LogP contribution in [0.25, 0.3) is 0 Å². The van der Waals surface area contributed by atoms with E-state index in [1.54, 1.807) is 4.90 Å². The van der Waals surface area contributed by atoms with Gasteiger partial charge < -0.3 is 14.6 Å². The largest absolute Gasteiger partial charge is 0.503 e. The lowest BCUT2D eigenvalue weighted by Gasteiger charge is -2.34. The van der Waals surface area contributed by atoms with Crippen LogP contribution in [0.3, 0.4) is 0 Å². The van der Waals surface area contributed by atoms with Crippen LogP contribution in [0.4, 0.5) is 0 Å². The molecule has 2 heterocycles. The average Bonchev–Trinajstić information content (AvgIpc) is 2.63. The summed E-state index contributed by atoms with van der Waals surface area (Å²) in [7, 11) is -3.84. The number of sulfonamides is 1. The summed E-state index contributed by atoms with van der Waals surface area (Å²) >= 11 is 5.78. The average molecular weight is 426 g/mol. The molecule has 0 bridgehead atoms. The van der Waals surface area contributed by atoms with Crippen LogP contribution in [0.15, 0.2) is 40.0 Å². The molecule has 2 N–H and O–H groups in total. The van der Waals surface area contributed by atoms with E-state index < -0.39 is 27.1 Å². The topological polar surface area (TPSA) is 109 Å². The molecule has 28 heavy (non-hydrogen) atoms. The monoisotopic (exact) mass is 425 g/mol. The van der Waals surface area contributed by atoms with E-state index in [2.05, 4.69) is 4.72 Å². The van der Waals surface area contributed by atoms with Crippen molar-refractivity contribution < 1.29 is 18.3 Å². The Balaban J connectivity index is 1.94. The first-order valence-corrected chi connectivity index (χ1v) is 10.5. The van der Waals surface area contributed by atoms with Gasteiger partial charge in [0.25, 0.3) is 5.91 Å². The Morgan fingerprint density at radius 1 is 1.18 bits per heavy atom. The highest BCUT2D eigenvalue weighted by molar-refractivity contribution is 7.89. The number of amides is 1. The van der Waals surface area contributed by atoms with E-state index in [9.17, 15) is 23.1 Å². The van der Waals surface area contributed by atoms with Crippen LogP contribution in [-0.2, 0) is 23.1 Å². The molecule has 2 aromatic rings. The summed E-state index contributed by atoms with van der Waals surface area (Å²) in [6.07, 6.45) is 0. The second-order valence-electron chi connectivity index (χ2n) is 6.72. The van der Waals surface area contributed by atoms with Gasteiger partial charge in [0.15, 0.2) is 11.4 Å². The molecule has 150 valence electrons. The van der Waals surface area contributed by atoms with Gasteiger partial charge in [-0.25, -0.2) is 13.1 Å². The Labute approximate surface area is 167 Å². The molecule has 1 aliphatic rings. The van der Waals surface area contributed by atoms with E-state index in [4.69, 9.17) is 11.6 Å². The van der Waals surface area contributed by atoms with Gasteiger partial charge >= 0.3 is 0 Å². The normalized spacial score (nSPS) is 14.4. The third-order valence-electron chi connectivity index (χ3n) is 4.59. The molecular formula is C18H20ClN3O5S. The van der Waals surface area contributed by atoms with E-state index in [1.807, 2.05) is 13.8 Å². The van der Waals surface area contributed by atoms with Crippen molar-refractivity contribution in [1.29, 1.82) is 0 Å². The molecule has 0 aliphatic carbocycles. The summed E-state index contributed by atoms with van der Waals surface area (Å²) in [6, 6.07) is 6.70. The van der Waals surface area contributed by atoms with Gasteiger partial charge in [0, 0.05) is 35.9 Å². The van der Waals surface area contributed by atoms with Gasteiger partial charge in [0.2, 0.25) is 15.5 Å². The van der Waals surface area contributed by atoms with Gasteiger partial charge in [0.05, 0.1) is 11.4 Å². The number of hydrogen-bond acceptors (Lipinski definition) is 5. The Bertz CT molecular complexity index is 1080. The first-order valence-electron chi connectivity index (χ1n) is 8.63. The van der Waals surface area contributed by atoms with Crippen LogP contribution >= 0.6 is 11.6 Å². The summed E-state index contributed by atoms with van der Waals surface area (Å²) in [5, 5.41) is 10.5. The quantitative estimate of drug-likeness (QED) is 0.755. The second kappa shape index (κ2) is 7.57. The zero-order valence-electron chi connectivity index (χ0n) is 15.3. The standard InChI is InChI=1S/C18H20ClN3O5S/c1-11(2)21-7-8-22-13(9-15(23)17(24)16(22)18(21)25)10-20-28(26,27)14-5-3-12(19)4-6-14/h3-6,9,11,20,24H,7-8,10H2,1-2H3. The van der Waals surface area contributed by atoms with Gasteiger partial charge in [0.1, 0.15) is 0 Å². The molecule has 8 nitrogen and oxygen atoms in total. The van der Waals surface area contributed by atoms with Gasteiger partial charge in [-0.1, -0.05) is 11.6 Å². The number of aromatic nitrogens is 1. The minimum atomic E-state index is -3.84.